The van der Waals surface area contributed by atoms with Gasteiger partial charge in [-0.3, -0.25) is 4.57 Å². The van der Waals surface area contributed by atoms with E-state index in [4.69, 9.17) is 0 Å². The maximum absolute atomic E-state index is 10.8. The van der Waals surface area contributed by atoms with Crippen LogP contribution in [-0.4, -0.2) is 14.8 Å². The van der Waals surface area contributed by atoms with Crippen LogP contribution in [0.1, 0.15) is 12.8 Å². The molecule has 4 nitrogen and oxygen atoms in total. The summed E-state index contributed by atoms with van der Waals surface area (Å²) in [5.74, 6) is 0.732. The Balaban J connectivity index is 2.16. The maximum atomic E-state index is 10.8. The van der Waals surface area contributed by atoms with Crippen LogP contribution in [0.4, 0.5) is 0 Å². The van der Waals surface area contributed by atoms with Crippen molar-refractivity contribution in [2.45, 2.75) is 19.4 Å². The monoisotopic (exact) mass is 139 g/mol. The number of nitrogens with one attached hydrogen (secondary N) is 1. The van der Waals surface area contributed by atoms with Gasteiger partial charge in [-0.1, -0.05) is 0 Å². The van der Waals surface area contributed by atoms with Gasteiger partial charge in [0, 0.05) is 6.54 Å². The lowest BCUT2D eigenvalue weighted by molar-refractivity contribution is 0.608. The van der Waals surface area contributed by atoms with Crippen LogP contribution in [0, 0.1) is 5.92 Å². The summed E-state index contributed by atoms with van der Waals surface area (Å²) in [5, 5.41) is 5.99. The first kappa shape index (κ1) is 5.70. The zero-order valence-corrected chi connectivity index (χ0v) is 5.58. The second-order valence-corrected chi connectivity index (χ2v) is 2.76. The fraction of sp³-hybridized carbons (Fsp3) is 0.667. The van der Waals surface area contributed by atoms with Gasteiger partial charge in [0.25, 0.3) is 0 Å². The molecular formula is C6H9N3O. The summed E-state index contributed by atoms with van der Waals surface area (Å²) in [6, 6.07) is 0. The lowest BCUT2D eigenvalue weighted by Crippen LogP contribution is -2.16. The van der Waals surface area contributed by atoms with Crippen LogP contribution >= 0.6 is 0 Å². The molecule has 0 radical (unpaired) electrons. The molecule has 1 saturated carbocycles. The molecule has 0 unspecified atom stereocenters. The lowest BCUT2D eigenvalue weighted by atomic mass is 10.4. The molecule has 0 aliphatic heterocycles. The average Bonchev–Trinajstić information content (AvgIpc) is 2.62. The highest BCUT2D eigenvalue weighted by atomic mass is 16.1. The van der Waals surface area contributed by atoms with Crippen molar-refractivity contribution in [1.29, 1.82) is 0 Å². The van der Waals surface area contributed by atoms with Gasteiger partial charge < -0.3 is 0 Å². The van der Waals surface area contributed by atoms with E-state index in [1.54, 1.807) is 10.9 Å². The summed E-state index contributed by atoms with van der Waals surface area (Å²) in [7, 11) is 0. The Morgan fingerprint density at radius 2 is 2.60 bits per heavy atom. The number of hydrogen-bond donors (Lipinski definition) is 1. The van der Waals surface area contributed by atoms with Gasteiger partial charge in [-0.2, -0.15) is 5.10 Å². The number of nitrogens with zero attached hydrogens (tertiary/aromatic N) is 2. The molecule has 1 aliphatic rings. The molecule has 1 heterocycles. The topological polar surface area (TPSA) is 50.7 Å². The molecule has 4 heteroatoms. The highest BCUT2D eigenvalue weighted by molar-refractivity contribution is 4.75. The average molecular weight is 139 g/mol. The van der Waals surface area contributed by atoms with Crippen molar-refractivity contribution in [3.8, 4) is 0 Å². The number of aromatic amines is 1. The van der Waals surface area contributed by atoms with E-state index >= 15 is 0 Å². The highest BCUT2D eigenvalue weighted by Crippen LogP contribution is 2.29. The molecule has 1 aliphatic carbocycles. The van der Waals surface area contributed by atoms with Gasteiger partial charge in [0.2, 0.25) is 0 Å². The van der Waals surface area contributed by atoms with Gasteiger partial charge in [-0.05, 0) is 18.8 Å². The Morgan fingerprint density at radius 3 is 3.10 bits per heavy atom. The van der Waals surface area contributed by atoms with Crippen LogP contribution in [0.3, 0.4) is 0 Å². The van der Waals surface area contributed by atoms with Crippen LogP contribution in [0.2, 0.25) is 0 Å². The summed E-state index contributed by atoms with van der Waals surface area (Å²) >= 11 is 0. The van der Waals surface area contributed by atoms with Gasteiger partial charge in [-0.15, -0.1) is 0 Å². The normalized spacial score (nSPS) is 17.6. The third-order valence-electron chi connectivity index (χ3n) is 1.77. The van der Waals surface area contributed by atoms with E-state index in [0.29, 0.717) is 0 Å². The van der Waals surface area contributed by atoms with Crippen molar-refractivity contribution in [3.05, 3.63) is 16.8 Å². The summed E-state index contributed by atoms with van der Waals surface area (Å²) in [4.78, 5) is 10.8. The first-order chi connectivity index (χ1) is 4.86. The number of aromatic nitrogens is 3. The minimum Gasteiger partial charge on any atom is -0.281 e. The van der Waals surface area contributed by atoms with E-state index in [1.165, 1.54) is 12.8 Å². The molecule has 1 N–H and O–H groups in total. The predicted octanol–water partition coefficient (Wildman–Crippen LogP) is -0.0186. The van der Waals surface area contributed by atoms with Gasteiger partial charge >= 0.3 is 5.69 Å². The van der Waals surface area contributed by atoms with Crippen molar-refractivity contribution >= 4 is 0 Å². The predicted molar refractivity (Wildman–Crippen MR) is 35.6 cm³/mol. The van der Waals surface area contributed by atoms with E-state index in [-0.39, 0.29) is 5.69 Å². The van der Waals surface area contributed by atoms with E-state index in [2.05, 4.69) is 10.2 Å². The van der Waals surface area contributed by atoms with Gasteiger partial charge in [0.15, 0.2) is 0 Å². The Hall–Kier alpha value is -1.06. The molecule has 10 heavy (non-hydrogen) atoms. The highest BCUT2D eigenvalue weighted by Gasteiger charge is 2.22. The van der Waals surface area contributed by atoms with E-state index in [9.17, 15) is 4.79 Å². The van der Waals surface area contributed by atoms with E-state index in [0.717, 1.165) is 12.5 Å². The second-order valence-electron chi connectivity index (χ2n) is 2.76. The Morgan fingerprint density at radius 1 is 1.80 bits per heavy atom. The van der Waals surface area contributed by atoms with Crippen molar-refractivity contribution < 1.29 is 0 Å². The first-order valence-corrected chi connectivity index (χ1v) is 3.46. The summed E-state index contributed by atoms with van der Waals surface area (Å²) < 4.78 is 1.62. The lowest BCUT2D eigenvalue weighted by Gasteiger charge is -1.93. The van der Waals surface area contributed by atoms with Crippen LogP contribution in [0.5, 0.6) is 0 Å². The Kier molecular flexibility index (Phi) is 1.12. The van der Waals surface area contributed by atoms with Gasteiger partial charge in [0.05, 0.1) is 0 Å². The Bertz CT molecular complexity index is 271. The summed E-state index contributed by atoms with van der Waals surface area (Å²) in [6.45, 7) is 0.843. The molecule has 1 fully saturated rings. The molecule has 0 amide bonds. The number of H-pyrrole nitrogens is 1. The summed E-state index contributed by atoms with van der Waals surface area (Å²) in [5.41, 5.74) is -0.0908. The van der Waals surface area contributed by atoms with E-state index in [1.807, 2.05) is 0 Å². The molecular weight excluding hydrogens is 130 g/mol. The smallest absolute Gasteiger partial charge is 0.281 e. The quantitative estimate of drug-likeness (QED) is 0.626. The first-order valence-electron chi connectivity index (χ1n) is 3.46. The number of rotatable bonds is 2. The number of hydrogen-bond acceptors (Lipinski definition) is 2. The third kappa shape index (κ3) is 0.964. The van der Waals surface area contributed by atoms with Crippen LogP contribution in [0.25, 0.3) is 0 Å². The zero-order chi connectivity index (χ0) is 6.97. The van der Waals surface area contributed by atoms with Crippen LogP contribution in [0.15, 0.2) is 11.1 Å². The zero-order valence-electron chi connectivity index (χ0n) is 5.58. The summed E-state index contributed by atoms with van der Waals surface area (Å²) in [6.07, 6.45) is 4.08. The second kappa shape index (κ2) is 1.97. The molecule has 0 atom stereocenters. The standard InChI is InChI=1S/C6H9N3O/c10-6-8-7-4-9(6)3-5-1-2-5/h4-5H,1-3H2,(H,8,10). The van der Waals surface area contributed by atoms with Crippen molar-refractivity contribution in [2.75, 3.05) is 0 Å². The molecule has 0 spiro atoms. The molecule has 1 aromatic rings. The van der Waals surface area contributed by atoms with Crippen LogP contribution < -0.4 is 5.69 Å². The molecule has 54 valence electrons. The molecule has 0 bridgehead atoms. The Labute approximate surface area is 57.9 Å². The van der Waals surface area contributed by atoms with Crippen molar-refractivity contribution in [3.63, 3.8) is 0 Å². The SMILES string of the molecule is O=c1[nH]ncn1CC1CC1. The van der Waals surface area contributed by atoms with Gasteiger partial charge in [0.1, 0.15) is 6.33 Å². The maximum Gasteiger partial charge on any atom is 0.343 e. The van der Waals surface area contributed by atoms with E-state index < -0.39 is 0 Å². The molecule has 0 aromatic carbocycles. The fourth-order valence-corrected chi connectivity index (χ4v) is 0.979. The fourth-order valence-electron chi connectivity index (χ4n) is 0.979. The minimum absolute atomic E-state index is 0.0908. The van der Waals surface area contributed by atoms with Crippen LogP contribution in [-0.2, 0) is 6.54 Å². The molecule has 0 saturated heterocycles. The largest absolute Gasteiger partial charge is 0.343 e. The van der Waals surface area contributed by atoms with Gasteiger partial charge in [-0.25, -0.2) is 9.89 Å². The molecule has 2 rings (SSSR count). The third-order valence-corrected chi connectivity index (χ3v) is 1.77. The molecule has 1 aromatic heterocycles. The van der Waals surface area contributed by atoms with Crippen molar-refractivity contribution in [2.24, 2.45) is 5.92 Å². The minimum atomic E-state index is -0.0908. The van der Waals surface area contributed by atoms with Crippen molar-refractivity contribution in [1.82, 2.24) is 14.8 Å².